The van der Waals surface area contributed by atoms with Crippen molar-refractivity contribution in [3.63, 3.8) is 0 Å². The SMILES string of the molecule is O=C(Cn1ccc(C(F)(F)F)n1)N/N=C/c1c(O)ccc2ccccc12. The number of benzene rings is 2. The van der Waals surface area contributed by atoms with Gasteiger partial charge in [-0.25, -0.2) is 5.43 Å². The molecule has 0 saturated heterocycles. The topological polar surface area (TPSA) is 79.5 Å². The maximum absolute atomic E-state index is 12.5. The van der Waals surface area contributed by atoms with Gasteiger partial charge in [0.15, 0.2) is 5.69 Å². The monoisotopic (exact) mass is 362 g/mol. The summed E-state index contributed by atoms with van der Waals surface area (Å²) in [5, 5.41) is 18.6. The van der Waals surface area contributed by atoms with Gasteiger partial charge in [0.05, 0.1) is 6.21 Å². The minimum atomic E-state index is -4.56. The first-order valence-corrected chi connectivity index (χ1v) is 7.48. The molecule has 0 aliphatic heterocycles. The van der Waals surface area contributed by atoms with Crippen molar-refractivity contribution < 1.29 is 23.1 Å². The van der Waals surface area contributed by atoms with E-state index in [4.69, 9.17) is 0 Å². The number of hydrogen-bond donors (Lipinski definition) is 2. The second-order valence-corrected chi connectivity index (χ2v) is 5.41. The highest BCUT2D eigenvalue weighted by Gasteiger charge is 2.33. The Morgan fingerprint density at radius 1 is 1.23 bits per heavy atom. The molecule has 3 aromatic rings. The highest BCUT2D eigenvalue weighted by Crippen LogP contribution is 2.27. The van der Waals surface area contributed by atoms with Crippen molar-refractivity contribution in [3.8, 4) is 5.75 Å². The summed E-state index contributed by atoms with van der Waals surface area (Å²) < 4.78 is 38.3. The molecular weight excluding hydrogens is 349 g/mol. The van der Waals surface area contributed by atoms with Gasteiger partial charge in [-0.3, -0.25) is 9.48 Å². The zero-order valence-electron chi connectivity index (χ0n) is 13.2. The molecule has 0 spiro atoms. The molecule has 1 aromatic heterocycles. The van der Waals surface area contributed by atoms with Crippen LogP contribution in [0.5, 0.6) is 5.75 Å². The summed E-state index contributed by atoms with van der Waals surface area (Å²) in [5.41, 5.74) is 1.54. The van der Waals surface area contributed by atoms with Crippen molar-refractivity contribution in [1.29, 1.82) is 0 Å². The summed E-state index contributed by atoms with van der Waals surface area (Å²) in [7, 11) is 0. The molecule has 1 amide bonds. The van der Waals surface area contributed by atoms with E-state index in [1.54, 1.807) is 18.2 Å². The van der Waals surface area contributed by atoms with Crippen LogP contribution in [-0.4, -0.2) is 27.0 Å². The minimum Gasteiger partial charge on any atom is -0.507 e. The number of carbonyl (C=O) groups is 1. The van der Waals surface area contributed by atoms with E-state index in [2.05, 4.69) is 15.6 Å². The number of fused-ring (bicyclic) bond motifs is 1. The number of hydrazone groups is 1. The van der Waals surface area contributed by atoms with E-state index in [0.717, 1.165) is 27.7 Å². The highest BCUT2D eigenvalue weighted by atomic mass is 19.4. The van der Waals surface area contributed by atoms with E-state index in [0.29, 0.717) is 5.56 Å². The van der Waals surface area contributed by atoms with Crippen LogP contribution in [0.15, 0.2) is 53.8 Å². The normalized spacial score (nSPS) is 12.0. The smallest absolute Gasteiger partial charge is 0.435 e. The second kappa shape index (κ2) is 6.87. The molecule has 26 heavy (non-hydrogen) atoms. The number of alkyl halides is 3. The third-order valence-corrected chi connectivity index (χ3v) is 3.57. The van der Waals surface area contributed by atoms with Gasteiger partial charge in [0.2, 0.25) is 0 Å². The lowest BCUT2D eigenvalue weighted by Gasteiger charge is -2.05. The van der Waals surface area contributed by atoms with E-state index in [1.165, 1.54) is 12.3 Å². The Bertz CT molecular complexity index is 980. The summed E-state index contributed by atoms with van der Waals surface area (Å²) in [6.45, 7) is -0.422. The number of rotatable bonds is 4. The van der Waals surface area contributed by atoms with E-state index in [-0.39, 0.29) is 5.75 Å². The molecule has 0 aliphatic rings. The maximum atomic E-state index is 12.5. The molecule has 6 nitrogen and oxygen atoms in total. The number of aromatic nitrogens is 2. The molecule has 0 fully saturated rings. The van der Waals surface area contributed by atoms with Gasteiger partial charge in [0.1, 0.15) is 12.3 Å². The van der Waals surface area contributed by atoms with Gasteiger partial charge >= 0.3 is 6.18 Å². The Morgan fingerprint density at radius 2 is 2.00 bits per heavy atom. The number of phenolic OH excluding ortho intramolecular Hbond substituents is 1. The molecule has 9 heteroatoms. The van der Waals surface area contributed by atoms with Gasteiger partial charge in [0.25, 0.3) is 5.91 Å². The van der Waals surface area contributed by atoms with Crippen LogP contribution < -0.4 is 5.43 Å². The predicted octanol–water partition coefficient (Wildman–Crippen LogP) is 2.91. The van der Waals surface area contributed by atoms with Crippen LogP contribution in [0.25, 0.3) is 10.8 Å². The molecule has 0 radical (unpaired) electrons. The molecule has 0 bridgehead atoms. The van der Waals surface area contributed by atoms with Crippen LogP contribution in [0.3, 0.4) is 0 Å². The van der Waals surface area contributed by atoms with E-state index >= 15 is 0 Å². The van der Waals surface area contributed by atoms with Gasteiger partial charge < -0.3 is 5.11 Å². The largest absolute Gasteiger partial charge is 0.507 e. The third kappa shape index (κ3) is 3.82. The molecular formula is C17H13F3N4O2. The van der Waals surface area contributed by atoms with Crippen molar-refractivity contribution in [2.75, 3.05) is 0 Å². The van der Waals surface area contributed by atoms with E-state index in [1.807, 2.05) is 12.1 Å². The Kier molecular flexibility index (Phi) is 4.61. The van der Waals surface area contributed by atoms with Crippen molar-refractivity contribution in [2.45, 2.75) is 12.7 Å². The van der Waals surface area contributed by atoms with Crippen molar-refractivity contribution in [2.24, 2.45) is 5.10 Å². The Morgan fingerprint density at radius 3 is 2.73 bits per heavy atom. The van der Waals surface area contributed by atoms with Crippen LogP contribution >= 0.6 is 0 Å². The number of amides is 1. The predicted molar refractivity (Wildman–Crippen MR) is 88.6 cm³/mol. The molecule has 0 atom stereocenters. The van der Waals surface area contributed by atoms with Crippen LogP contribution in [0.1, 0.15) is 11.3 Å². The summed E-state index contributed by atoms with van der Waals surface area (Å²) in [4.78, 5) is 11.8. The summed E-state index contributed by atoms with van der Waals surface area (Å²) in [6, 6.07) is 11.3. The lowest BCUT2D eigenvalue weighted by atomic mass is 10.0. The first-order valence-electron chi connectivity index (χ1n) is 7.48. The minimum absolute atomic E-state index is 0.0106. The van der Waals surface area contributed by atoms with Gasteiger partial charge in [-0.15, -0.1) is 0 Å². The number of halogens is 3. The number of aromatic hydroxyl groups is 1. The van der Waals surface area contributed by atoms with Gasteiger partial charge in [-0.1, -0.05) is 30.3 Å². The molecule has 1 heterocycles. The van der Waals surface area contributed by atoms with Crippen molar-refractivity contribution in [3.05, 3.63) is 59.9 Å². The molecule has 0 unspecified atom stereocenters. The highest BCUT2D eigenvalue weighted by molar-refractivity contribution is 6.02. The zero-order valence-corrected chi connectivity index (χ0v) is 13.2. The van der Waals surface area contributed by atoms with E-state index in [9.17, 15) is 23.1 Å². The number of carbonyl (C=O) groups excluding carboxylic acids is 1. The van der Waals surface area contributed by atoms with Crippen molar-refractivity contribution in [1.82, 2.24) is 15.2 Å². The average molecular weight is 362 g/mol. The van der Waals surface area contributed by atoms with Gasteiger partial charge in [-0.05, 0) is 22.9 Å². The molecule has 2 aromatic carbocycles. The summed E-state index contributed by atoms with van der Waals surface area (Å²) in [5.74, 6) is -0.665. The fraction of sp³-hybridized carbons (Fsp3) is 0.118. The Labute approximate surface area is 145 Å². The maximum Gasteiger partial charge on any atom is 0.435 e. The fourth-order valence-corrected chi connectivity index (χ4v) is 2.37. The standard InChI is InChI=1S/C17H13F3N4O2/c18-17(19,20)15-7-8-24(23-15)10-16(26)22-21-9-13-12-4-2-1-3-11(12)5-6-14(13)25/h1-9,25H,10H2,(H,22,26)/b21-9+. The number of nitrogens with zero attached hydrogens (tertiary/aromatic N) is 3. The first kappa shape index (κ1) is 17.5. The van der Waals surface area contributed by atoms with Crippen LogP contribution in [-0.2, 0) is 17.5 Å². The average Bonchev–Trinajstić information content (AvgIpc) is 3.05. The molecule has 0 aliphatic carbocycles. The Balaban J connectivity index is 1.68. The van der Waals surface area contributed by atoms with E-state index < -0.39 is 24.3 Å². The first-order chi connectivity index (χ1) is 12.3. The molecule has 0 saturated carbocycles. The zero-order chi connectivity index (χ0) is 18.7. The summed E-state index contributed by atoms with van der Waals surface area (Å²) >= 11 is 0. The third-order valence-electron chi connectivity index (χ3n) is 3.57. The van der Waals surface area contributed by atoms with Crippen LogP contribution in [0.4, 0.5) is 13.2 Å². The van der Waals surface area contributed by atoms with Crippen molar-refractivity contribution >= 4 is 22.9 Å². The van der Waals surface area contributed by atoms with Crippen LogP contribution in [0, 0.1) is 0 Å². The quantitative estimate of drug-likeness (QED) is 0.553. The number of nitrogens with one attached hydrogen (secondary N) is 1. The molecule has 134 valence electrons. The summed E-state index contributed by atoms with van der Waals surface area (Å²) in [6.07, 6.45) is -2.23. The lowest BCUT2D eigenvalue weighted by Crippen LogP contribution is -2.23. The lowest BCUT2D eigenvalue weighted by molar-refractivity contribution is -0.141. The van der Waals surface area contributed by atoms with Crippen LogP contribution in [0.2, 0.25) is 0 Å². The number of phenols is 1. The fourth-order valence-electron chi connectivity index (χ4n) is 2.37. The number of hydrogen-bond acceptors (Lipinski definition) is 4. The van der Waals surface area contributed by atoms with Gasteiger partial charge in [0, 0.05) is 11.8 Å². The second-order valence-electron chi connectivity index (χ2n) is 5.41. The Hall–Kier alpha value is -3.36. The molecule has 3 rings (SSSR count). The molecule has 2 N–H and O–H groups in total. The van der Waals surface area contributed by atoms with Gasteiger partial charge in [-0.2, -0.15) is 23.4 Å².